The average molecular weight is 213 g/mol. The fourth-order valence-corrected chi connectivity index (χ4v) is 1.65. The number of hydrogen-bond acceptors (Lipinski definition) is 4. The van der Waals surface area contributed by atoms with Crippen LogP contribution in [0.15, 0.2) is 0 Å². The maximum absolute atomic E-state index is 11.8. The molecule has 1 amide bonds. The Labute approximate surface area is 88.4 Å². The number of ketones is 1. The van der Waals surface area contributed by atoms with Crippen LogP contribution in [-0.2, 0) is 19.1 Å². The Kier molecular flexibility index (Phi) is 3.44. The summed E-state index contributed by atoms with van der Waals surface area (Å²) in [5, 5.41) is 0. The van der Waals surface area contributed by atoms with Gasteiger partial charge in [-0.05, 0) is 13.8 Å². The molecule has 0 aliphatic carbocycles. The Morgan fingerprint density at radius 3 is 2.53 bits per heavy atom. The molecule has 5 nitrogen and oxygen atoms in total. The molecule has 0 unspecified atom stereocenters. The highest BCUT2D eigenvalue weighted by Gasteiger charge is 2.41. The first-order valence-corrected chi connectivity index (χ1v) is 4.90. The van der Waals surface area contributed by atoms with E-state index >= 15 is 0 Å². The van der Waals surface area contributed by atoms with Crippen LogP contribution in [0.2, 0.25) is 0 Å². The van der Waals surface area contributed by atoms with E-state index in [4.69, 9.17) is 0 Å². The maximum atomic E-state index is 11.8. The van der Waals surface area contributed by atoms with Crippen LogP contribution in [0.3, 0.4) is 0 Å². The molecule has 0 saturated carbocycles. The van der Waals surface area contributed by atoms with Crippen LogP contribution in [0.4, 0.5) is 0 Å². The lowest BCUT2D eigenvalue weighted by atomic mass is 9.94. The Bertz CT molecular complexity index is 290. The molecule has 0 aromatic rings. The second-order valence-corrected chi connectivity index (χ2v) is 3.80. The molecule has 1 aliphatic rings. The number of carbonyl (C=O) groups is 3. The molecule has 0 aromatic carbocycles. The van der Waals surface area contributed by atoms with Crippen molar-refractivity contribution in [2.24, 2.45) is 5.92 Å². The Balaban J connectivity index is 2.88. The highest BCUT2D eigenvalue weighted by molar-refractivity contribution is 6.17. The van der Waals surface area contributed by atoms with Gasteiger partial charge in [0.25, 0.3) is 0 Å². The van der Waals surface area contributed by atoms with Crippen molar-refractivity contribution in [3.63, 3.8) is 0 Å². The number of amides is 1. The molecule has 0 spiro atoms. The Morgan fingerprint density at radius 1 is 1.47 bits per heavy atom. The van der Waals surface area contributed by atoms with Crippen molar-refractivity contribution in [2.75, 3.05) is 13.7 Å². The summed E-state index contributed by atoms with van der Waals surface area (Å²) in [6, 6.07) is -0.00208. The smallest absolute Gasteiger partial charge is 0.325 e. The number of rotatable bonds is 2. The van der Waals surface area contributed by atoms with Crippen LogP contribution in [0.1, 0.15) is 20.3 Å². The molecule has 15 heavy (non-hydrogen) atoms. The number of carbonyl (C=O) groups excluding carboxylic acids is 3. The van der Waals surface area contributed by atoms with Gasteiger partial charge in [-0.1, -0.05) is 0 Å². The van der Waals surface area contributed by atoms with Gasteiger partial charge in [-0.25, -0.2) is 0 Å². The zero-order chi connectivity index (χ0) is 11.6. The zero-order valence-corrected chi connectivity index (χ0v) is 9.15. The summed E-state index contributed by atoms with van der Waals surface area (Å²) >= 11 is 0. The molecular formula is C10H15NO4. The zero-order valence-electron chi connectivity index (χ0n) is 9.15. The molecule has 5 heteroatoms. The fourth-order valence-electron chi connectivity index (χ4n) is 1.65. The van der Waals surface area contributed by atoms with E-state index in [1.165, 1.54) is 12.0 Å². The summed E-state index contributed by atoms with van der Waals surface area (Å²) in [6.45, 7) is 4.09. The summed E-state index contributed by atoms with van der Waals surface area (Å²) in [5.41, 5.74) is 0. The maximum Gasteiger partial charge on any atom is 0.325 e. The van der Waals surface area contributed by atoms with Gasteiger partial charge in [-0.15, -0.1) is 0 Å². The second-order valence-electron chi connectivity index (χ2n) is 3.80. The number of likely N-dealkylation sites (tertiary alicyclic amines) is 1. The highest BCUT2D eigenvalue weighted by atomic mass is 16.5. The van der Waals surface area contributed by atoms with E-state index in [9.17, 15) is 14.4 Å². The Morgan fingerprint density at radius 2 is 2.07 bits per heavy atom. The third kappa shape index (κ3) is 2.16. The predicted molar refractivity (Wildman–Crippen MR) is 52.0 cm³/mol. The average Bonchev–Trinajstić information content (AvgIpc) is 2.16. The van der Waals surface area contributed by atoms with E-state index in [-0.39, 0.29) is 18.2 Å². The van der Waals surface area contributed by atoms with E-state index in [1.807, 2.05) is 13.8 Å². The first kappa shape index (κ1) is 11.7. The van der Waals surface area contributed by atoms with Crippen LogP contribution in [-0.4, -0.2) is 42.3 Å². The number of Topliss-reactive ketones (excluding diaryl/α,β-unsaturated/α-hetero) is 1. The van der Waals surface area contributed by atoms with Crippen LogP contribution in [0, 0.1) is 5.92 Å². The normalized spacial score (nSPS) is 22.1. The van der Waals surface area contributed by atoms with Gasteiger partial charge in [0.05, 0.1) is 7.11 Å². The molecule has 0 N–H and O–H groups in total. The summed E-state index contributed by atoms with van der Waals surface area (Å²) in [4.78, 5) is 36.0. The lowest BCUT2D eigenvalue weighted by molar-refractivity contribution is -0.160. The highest BCUT2D eigenvalue weighted by Crippen LogP contribution is 2.18. The van der Waals surface area contributed by atoms with Gasteiger partial charge in [-0.3, -0.25) is 14.4 Å². The standard InChI is InChI=1S/C10H15NO4/c1-6(2)11-5-4-7(12)8(9(11)13)10(14)15-3/h6,8H,4-5H2,1-3H3/t8-/m0/s1. The van der Waals surface area contributed by atoms with Gasteiger partial charge in [0.15, 0.2) is 11.7 Å². The van der Waals surface area contributed by atoms with Crippen LogP contribution in [0.5, 0.6) is 0 Å². The monoisotopic (exact) mass is 213 g/mol. The number of piperidine rings is 1. The number of esters is 1. The molecule has 0 bridgehead atoms. The van der Waals surface area contributed by atoms with E-state index in [0.717, 1.165) is 0 Å². The number of methoxy groups -OCH3 is 1. The molecular weight excluding hydrogens is 198 g/mol. The molecule has 1 aliphatic heterocycles. The molecule has 0 aromatic heterocycles. The van der Waals surface area contributed by atoms with E-state index in [1.54, 1.807) is 0 Å². The first-order valence-electron chi connectivity index (χ1n) is 4.90. The van der Waals surface area contributed by atoms with Gasteiger partial charge < -0.3 is 9.64 Å². The van der Waals surface area contributed by atoms with Crippen molar-refractivity contribution in [1.82, 2.24) is 4.90 Å². The molecule has 84 valence electrons. The van der Waals surface area contributed by atoms with Crippen molar-refractivity contribution in [2.45, 2.75) is 26.3 Å². The lowest BCUT2D eigenvalue weighted by Gasteiger charge is -2.33. The molecule has 1 rings (SSSR count). The minimum atomic E-state index is -1.24. The van der Waals surface area contributed by atoms with Crippen molar-refractivity contribution in [3.8, 4) is 0 Å². The predicted octanol–water partition coefficient (Wildman–Crippen LogP) is -0.0146. The number of ether oxygens (including phenoxy) is 1. The minimum Gasteiger partial charge on any atom is -0.468 e. The van der Waals surface area contributed by atoms with Crippen LogP contribution in [0.25, 0.3) is 0 Å². The molecule has 0 radical (unpaired) electrons. The van der Waals surface area contributed by atoms with E-state index < -0.39 is 17.8 Å². The third-order valence-electron chi connectivity index (χ3n) is 2.51. The van der Waals surface area contributed by atoms with E-state index in [0.29, 0.717) is 6.54 Å². The van der Waals surface area contributed by atoms with Crippen molar-refractivity contribution in [1.29, 1.82) is 0 Å². The Hall–Kier alpha value is -1.39. The molecule has 1 atom stereocenters. The van der Waals surface area contributed by atoms with Gasteiger partial charge >= 0.3 is 5.97 Å². The summed E-state index contributed by atoms with van der Waals surface area (Å²) in [6.07, 6.45) is 0.226. The quantitative estimate of drug-likeness (QED) is 0.478. The van der Waals surface area contributed by atoms with E-state index in [2.05, 4.69) is 4.74 Å². The van der Waals surface area contributed by atoms with Crippen molar-refractivity contribution >= 4 is 17.7 Å². The minimum absolute atomic E-state index is 0.00208. The van der Waals surface area contributed by atoms with Gasteiger partial charge in [0.1, 0.15) is 0 Å². The largest absolute Gasteiger partial charge is 0.468 e. The summed E-state index contributed by atoms with van der Waals surface area (Å²) < 4.78 is 4.45. The van der Waals surface area contributed by atoms with Gasteiger partial charge in [-0.2, -0.15) is 0 Å². The van der Waals surface area contributed by atoms with Crippen molar-refractivity contribution < 1.29 is 19.1 Å². The molecule has 1 fully saturated rings. The first-order chi connectivity index (χ1) is 6.99. The lowest BCUT2D eigenvalue weighted by Crippen LogP contribution is -2.51. The molecule has 1 heterocycles. The van der Waals surface area contributed by atoms with Crippen molar-refractivity contribution in [3.05, 3.63) is 0 Å². The van der Waals surface area contributed by atoms with Crippen LogP contribution >= 0.6 is 0 Å². The van der Waals surface area contributed by atoms with Gasteiger partial charge in [0.2, 0.25) is 5.91 Å². The van der Waals surface area contributed by atoms with Gasteiger partial charge in [0, 0.05) is 19.0 Å². The topological polar surface area (TPSA) is 63.7 Å². The van der Waals surface area contributed by atoms with Crippen LogP contribution < -0.4 is 0 Å². The summed E-state index contributed by atoms with van der Waals surface area (Å²) in [7, 11) is 1.18. The second kappa shape index (κ2) is 4.42. The fraction of sp³-hybridized carbons (Fsp3) is 0.700. The molecule has 1 saturated heterocycles. The summed E-state index contributed by atoms with van der Waals surface area (Å²) in [5.74, 6) is -2.78. The third-order valence-corrected chi connectivity index (χ3v) is 2.51. The number of nitrogens with zero attached hydrogens (tertiary/aromatic N) is 1. The number of hydrogen-bond donors (Lipinski definition) is 0. The SMILES string of the molecule is COC(=O)[C@H]1C(=O)CCN(C(C)C)C1=O.